The van der Waals surface area contributed by atoms with Crippen molar-refractivity contribution in [1.29, 1.82) is 0 Å². The van der Waals surface area contributed by atoms with E-state index in [1.165, 1.54) is 42.5 Å². The molecule has 2 atom stereocenters. The van der Waals surface area contributed by atoms with Gasteiger partial charge < -0.3 is 46.5 Å². The molecule has 0 fully saturated rings. The molecule has 0 spiro atoms. The summed E-state index contributed by atoms with van der Waals surface area (Å²) in [6, 6.07) is 13.0. The molecule has 234 valence electrons. The van der Waals surface area contributed by atoms with E-state index >= 15 is 0 Å². The minimum atomic E-state index is -4.07. The number of ether oxygens (including phenoxy) is 6. The zero-order valence-corrected chi connectivity index (χ0v) is 25.6. The van der Waals surface area contributed by atoms with Gasteiger partial charge in [0.2, 0.25) is 25.3 Å². The first-order valence-corrected chi connectivity index (χ1v) is 16.0. The number of pyridine rings is 1. The van der Waals surface area contributed by atoms with E-state index in [4.69, 9.17) is 46.5 Å². The summed E-state index contributed by atoms with van der Waals surface area (Å²) in [6.45, 7) is -0.0238. The van der Waals surface area contributed by atoms with Crippen molar-refractivity contribution in [2.24, 2.45) is 0 Å². The van der Waals surface area contributed by atoms with Gasteiger partial charge in [-0.25, -0.2) is 14.6 Å². The number of hydrogen-bond acceptors (Lipinski definition) is 15. The van der Waals surface area contributed by atoms with Crippen molar-refractivity contribution in [2.45, 2.75) is 11.7 Å². The summed E-state index contributed by atoms with van der Waals surface area (Å²) >= 11 is 0. The van der Waals surface area contributed by atoms with Crippen LogP contribution in [-0.2, 0) is 36.7 Å². The number of carbonyl (C=O) groups is 2. The molecule has 2 aliphatic rings. The van der Waals surface area contributed by atoms with Crippen LogP contribution in [-0.4, -0.2) is 58.9 Å². The predicted molar refractivity (Wildman–Crippen MR) is 149 cm³/mol. The first-order chi connectivity index (χ1) is 21.1. The van der Waals surface area contributed by atoms with Crippen LogP contribution >= 0.6 is 15.2 Å². The Morgan fingerprint density at radius 1 is 0.636 bits per heavy atom. The van der Waals surface area contributed by atoms with Gasteiger partial charge in [-0.1, -0.05) is 18.2 Å². The SMILES string of the molecule is COP(=O)(OC)C(OC(=O)c1cccc(C(=O)OC(c2ccc3c(c2)OCO3)P(=O)(OC)OC)n1)c1ccc2c(c1)OCO2. The fourth-order valence-corrected chi connectivity index (χ4v) is 6.85. The molecule has 3 heterocycles. The van der Waals surface area contributed by atoms with E-state index in [2.05, 4.69) is 4.98 Å². The molecule has 2 aliphatic heterocycles. The fourth-order valence-electron chi connectivity index (χ4n) is 4.28. The summed E-state index contributed by atoms with van der Waals surface area (Å²) in [5, 5.41) is 0. The zero-order chi connectivity index (χ0) is 31.5. The Kier molecular flexibility index (Phi) is 9.26. The second kappa shape index (κ2) is 12.9. The topological polar surface area (TPSA) is 173 Å². The van der Waals surface area contributed by atoms with Crippen molar-refractivity contribution in [2.75, 3.05) is 42.0 Å². The van der Waals surface area contributed by atoms with Crippen LogP contribution in [0.15, 0.2) is 54.6 Å². The second-order valence-corrected chi connectivity index (χ2v) is 13.5. The number of aromatic nitrogens is 1. The highest BCUT2D eigenvalue weighted by molar-refractivity contribution is 7.54. The van der Waals surface area contributed by atoms with Crippen LogP contribution in [0.3, 0.4) is 0 Å². The Labute approximate surface area is 251 Å². The molecule has 2 aromatic carbocycles. The molecule has 5 rings (SSSR count). The maximum atomic E-state index is 13.4. The van der Waals surface area contributed by atoms with Crippen LogP contribution in [0.5, 0.6) is 23.0 Å². The van der Waals surface area contributed by atoms with Crippen LogP contribution < -0.4 is 18.9 Å². The maximum absolute atomic E-state index is 13.4. The lowest BCUT2D eigenvalue weighted by molar-refractivity contribution is 0.0362. The summed E-state index contributed by atoms with van der Waals surface area (Å²) < 4.78 is 79.8. The number of fused-ring (bicyclic) bond motifs is 2. The minimum absolute atomic E-state index is 0.0119. The number of hydrogen-bond donors (Lipinski definition) is 0. The maximum Gasteiger partial charge on any atom is 0.375 e. The molecule has 0 radical (unpaired) electrons. The van der Waals surface area contributed by atoms with Crippen LogP contribution in [0.25, 0.3) is 0 Å². The Morgan fingerprint density at radius 3 is 1.41 bits per heavy atom. The molecule has 44 heavy (non-hydrogen) atoms. The number of nitrogens with zero attached hydrogens (tertiary/aromatic N) is 1. The molecule has 3 aromatic rings. The van der Waals surface area contributed by atoms with Gasteiger partial charge in [-0.05, 0) is 36.4 Å². The molecule has 0 N–H and O–H groups in total. The van der Waals surface area contributed by atoms with E-state index in [0.717, 1.165) is 28.4 Å². The monoisotopic (exact) mass is 651 g/mol. The van der Waals surface area contributed by atoms with Crippen LogP contribution in [0.1, 0.15) is 43.8 Å². The lowest BCUT2D eigenvalue weighted by Gasteiger charge is -2.25. The number of rotatable bonds is 12. The minimum Gasteiger partial charge on any atom is -0.454 e. The smallest absolute Gasteiger partial charge is 0.375 e. The van der Waals surface area contributed by atoms with E-state index in [1.807, 2.05) is 0 Å². The van der Waals surface area contributed by atoms with Gasteiger partial charge >= 0.3 is 27.1 Å². The van der Waals surface area contributed by atoms with Gasteiger partial charge in [0, 0.05) is 39.6 Å². The summed E-state index contributed by atoms with van der Waals surface area (Å²) in [5.41, 5.74) is -0.228. The van der Waals surface area contributed by atoms with Gasteiger partial charge in [0.1, 0.15) is 11.4 Å². The Hall–Kier alpha value is -3.97. The van der Waals surface area contributed by atoms with E-state index < -0.39 is 38.8 Å². The van der Waals surface area contributed by atoms with Gasteiger partial charge in [-0.2, -0.15) is 0 Å². The van der Waals surface area contributed by atoms with Crippen molar-refractivity contribution >= 4 is 27.1 Å². The van der Waals surface area contributed by atoms with Crippen molar-refractivity contribution in [3.63, 3.8) is 0 Å². The highest BCUT2D eigenvalue weighted by atomic mass is 31.2. The van der Waals surface area contributed by atoms with E-state index in [9.17, 15) is 18.7 Å². The molecule has 0 saturated carbocycles. The Balaban J connectivity index is 1.41. The Bertz CT molecular complexity index is 1530. The number of benzene rings is 2. The van der Waals surface area contributed by atoms with E-state index in [0.29, 0.717) is 23.0 Å². The zero-order valence-electron chi connectivity index (χ0n) is 23.8. The molecular formula is C27H27NO14P2. The summed E-state index contributed by atoms with van der Waals surface area (Å²) in [4.78, 5) is 30.6. The van der Waals surface area contributed by atoms with E-state index in [1.54, 1.807) is 12.1 Å². The predicted octanol–water partition coefficient (Wildman–Crippen LogP) is 5.22. The standard InChI is InChI=1S/C27H27NO14P2/c1-33-43(31,34-2)26(16-8-10-20-22(12-16)39-14-37-20)41-24(29)18-6-5-7-19(28-18)25(30)42-27(44(32,35-3)36-4)17-9-11-21-23(13-17)40-15-38-21/h5-13,26-27H,14-15H2,1-4H3. The van der Waals surface area contributed by atoms with Gasteiger partial charge in [-0.15, -0.1) is 0 Å². The molecule has 17 heteroatoms. The van der Waals surface area contributed by atoms with Gasteiger partial charge in [-0.3, -0.25) is 9.13 Å². The third-order valence-corrected chi connectivity index (χ3v) is 10.6. The third kappa shape index (κ3) is 6.16. The largest absolute Gasteiger partial charge is 0.454 e. The third-order valence-electron chi connectivity index (χ3n) is 6.56. The van der Waals surface area contributed by atoms with Crippen LogP contribution in [0, 0.1) is 0 Å². The second-order valence-electron chi connectivity index (χ2n) is 8.96. The molecule has 2 unspecified atom stereocenters. The molecule has 0 aliphatic carbocycles. The Morgan fingerprint density at radius 2 is 1.02 bits per heavy atom. The average Bonchev–Trinajstić information content (AvgIpc) is 3.74. The van der Waals surface area contributed by atoms with Crippen molar-refractivity contribution < 1.29 is 65.2 Å². The quantitative estimate of drug-likeness (QED) is 0.184. The van der Waals surface area contributed by atoms with Crippen molar-refractivity contribution in [3.8, 4) is 23.0 Å². The molecular weight excluding hydrogens is 624 g/mol. The molecule has 0 bridgehead atoms. The first kappa shape index (κ1) is 31.5. The van der Waals surface area contributed by atoms with E-state index in [-0.39, 0.29) is 36.1 Å². The summed E-state index contributed by atoms with van der Waals surface area (Å²) in [5.74, 6) is -3.64. The molecule has 1 aromatic heterocycles. The molecule has 0 saturated heterocycles. The highest BCUT2D eigenvalue weighted by Gasteiger charge is 2.42. The van der Waals surface area contributed by atoms with Gasteiger partial charge in [0.25, 0.3) is 0 Å². The number of esters is 2. The fraction of sp³-hybridized carbons (Fsp3) is 0.296. The highest BCUT2D eigenvalue weighted by Crippen LogP contribution is 2.62. The van der Waals surface area contributed by atoms with Crippen molar-refractivity contribution in [3.05, 3.63) is 77.1 Å². The molecule has 0 amide bonds. The van der Waals surface area contributed by atoms with Crippen molar-refractivity contribution in [1.82, 2.24) is 4.98 Å². The summed E-state index contributed by atoms with van der Waals surface area (Å²) in [7, 11) is -3.57. The van der Waals surface area contributed by atoms with Crippen LogP contribution in [0.2, 0.25) is 0 Å². The average molecular weight is 651 g/mol. The van der Waals surface area contributed by atoms with Gasteiger partial charge in [0.15, 0.2) is 23.0 Å². The lowest BCUT2D eigenvalue weighted by Crippen LogP contribution is -2.18. The normalized spacial score (nSPS) is 15.0. The summed E-state index contributed by atoms with van der Waals surface area (Å²) in [6.07, 6.45) is 0. The van der Waals surface area contributed by atoms with Gasteiger partial charge in [0.05, 0.1) is 0 Å². The molecule has 15 nitrogen and oxygen atoms in total. The number of carbonyl (C=O) groups excluding carboxylic acids is 2. The van der Waals surface area contributed by atoms with Crippen LogP contribution in [0.4, 0.5) is 0 Å². The first-order valence-electron chi connectivity index (χ1n) is 12.7. The lowest BCUT2D eigenvalue weighted by atomic mass is 10.2.